The molecule has 0 amide bonds. The molecular formula is C16H24O2. The molecule has 1 fully saturated rings. The van der Waals surface area contributed by atoms with Crippen LogP contribution in [0.4, 0.5) is 0 Å². The second-order valence-electron chi connectivity index (χ2n) is 5.86. The van der Waals surface area contributed by atoms with Crippen molar-refractivity contribution < 1.29 is 9.84 Å². The number of hydrogen-bond donors (Lipinski definition) is 1. The van der Waals surface area contributed by atoms with Gasteiger partial charge in [0, 0.05) is 13.0 Å². The van der Waals surface area contributed by atoms with Crippen LogP contribution in [0.1, 0.15) is 42.0 Å². The van der Waals surface area contributed by atoms with E-state index in [-0.39, 0.29) is 5.60 Å². The largest absolute Gasteiger partial charge is 0.390 e. The van der Waals surface area contributed by atoms with E-state index >= 15 is 0 Å². The Labute approximate surface area is 110 Å². The van der Waals surface area contributed by atoms with Crippen LogP contribution >= 0.6 is 0 Å². The summed E-state index contributed by atoms with van der Waals surface area (Å²) in [4.78, 5) is 0. The third kappa shape index (κ3) is 2.60. The first-order chi connectivity index (χ1) is 8.42. The summed E-state index contributed by atoms with van der Waals surface area (Å²) in [6.07, 6.45) is 2.28. The Morgan fingerprint density at radius 2 is 1.89 bits per heavy atom. The lowest BCUT2D eigenvalue weighted by molar-refractivity contribution is -0.0768. The summed E-state index contributed by atoms with van der Waals surface area (Å²) in [5, 5.41) is 10.5. The van der Waals surface area contributed by atoms with Crippen molar-refractivity contribution in [3.8, 4) is 0 Å². The van der Waals surface area contributed by atoms with Crippen molar-refractivity contribution in [2.45, 2.75) is 58.7 Å². The number of aryl methyl sites for hydroxylation is 3. The summed E-state index contributed by atoms with van der Waals surface area (Å²) in [5.74, 6) is 0. The van der Waals surface area contributed by atoms with E-state index in [2.05, 4.69) is 32.9 Å². The zero-order valence-electron chi connectivity index (χ0n) is 11.9. The van der Waals surface area contributed by atoms with Crippen molar-refractivity contribution in [3.05, 3.63) is 34.4 Å². The molecular weight excluding hydrogens is 224 g/mol. The highest BCUT2D eigenvalue weighted by molar-refractivity contribution is 5.38. The van der Waals surface area contributed by atoms with Crippen LogP contribution in [0.15, 0.2) is 12.1 Å². The normalized spacial score (nSPS) is 25.4. The topological polar surface area (TPSA) is 29.5 Å². The smallest absolute Gasteiger partial charge is 0.0916 e. The van der Waals surface area contributed by atoms with E-state index in [0.717, 1.165) is 19.4 Å². The first kappa shape index (κ1) is 13.6. The van der Waals surface area contributed by atoms with Crippen molar-refractivity contribution in [2.24, 2.45) is 0 Å². The lowest BCUT2D eigenvalue weighted by Crippen LogP contribution is -2.40. The van der Waals surface area contributed by atoms with Gasteiger partial charge in [0.2, 0.25) is 0 Å². The molecule has 1 N–H and O–H groups in total. The Morgan fingerprint density at radius 1 is 1.28 bits per heavy atom. The second-order valence-corrected chi connectivity index (χ2v) is 5.86. The molecule has 0 bridgehead atoms. The zero-order chi connectivity index (χ0) is 13.3. The van der Waals surface area contributed by atoms with E-state index in [1.807, 2.05) is 6.92 Å². The highest BCUT2D eigenvalue weighted by Gasteiger charge is 2.37. The maximum absolute atomic E-state index is 10.5. The molecule has 0 spiro atoms. The minimum Gasteiger partial charge on any atom is -0.390 e. The zero-order valence-corrected chi connectivity index (χ0v) is 11.9. The van der Waals surface area contributed by atoms with E-state index in [9.17, 15) is 5.11 Å². The van der Waals surface area contributed by atoms with Gasteiger partial charge in [0.05, 0.1) is 11.7 Å². The average molecular weight is 248 g/mol. The summed E-state index contributed by atoms with van der Waals surface area (Å²) in [6, 6.07) is 4.37. The Morgan fingerprint density at radius 3 is 2.39 bits per heavy atom. The van der Waals surface area contributed by atoms with Crippen LogP contribution in [0.25, 0.3) is 0 Å². The fourth-order valence-electron chi connectivity index (χ4n) is 3.00. The third-order valence-electron chi connectivity index (χ3n) is 4.19. The first-order valence-corrected chi connectivity index (χ1v) is 6.81. The van der Waals surface area contributed by atoms with Crippen molar-refractivity contribution in [2.75, 3.05) is 6.61 Å². The van der Waals surface area contributed by atoms with Crippen LogP contribution in [0, 0.1) is 20.8 Å². The molecule has 2 atom stereocenters. The SMILES string of the molecule is Cc1cc(C)c(CC(O)C2(C)CCCO2)c(C)c1. The lowest BCUT2D eigenvalue weighted by Gasteiger charge is -2.30. The quantitative estimate of drug-likeness (QED) is 0.890. The van der Waals surface area contributed by atoms with Crippen molar-refractivity contribution >= 4 is 0 Å². The van der Waals surface area contributed by atoms with Gasteiger partial charge in [0.25, 0.3) is 0 Å². The molecule has 0 aromatic heterocycles. The van der Waals surface area contributed by atoms with E-state index in [1.165, 1.54) is 22.3 Å². The van der Waals surface area contributed by atoms with Crippen LogP contribution < -0.4 is 0 Å². The number of ether oxygens (including phenoxy) is 1. The number of benzene rings is 1. The summed E-state index contributed by atoms with van der Waals surface area (Å²) < 4.78 is 5.73. The number of aliphatic hydroxyl groups excluding tert-OH is 1. The number of rotatable bonds is 3. The standard InChI is InChI=1S/C16H24O2/c1-11-8-12(2)14(13(3)9-11)10-15(17)16(4)6-5-7-18-16/h8-9,15,17H,5-7,10H2,1-4H3. The highest BCUT2D eigenvalue weighted by atomic mass is 16.5. The molecule has 1 aromatic carbocycles. The monoisotopic (exact) mass is 248 g/mol. The predicted molar refractivity (Wildman–Crippen MR) is 74.0 cm³/mol. The Kier molecular flexibility index (Phi) is 3.79. The fourth-order valence-corrected chi connectivity index (χ4v) is 3.00. The number of hydrogen-bond acceptors (Lipinski definition) is 2. The first-order valence-electron chi connectivity index (χ1n) is 6.81. The van der Waals surface area contributed by atoms with Gasteiger partial charge in [-0.1, -0.05) is 17.7 Å². The highest BCUT2D eigenvalue weighted by Crippen LogP contribution is 2.31. The van der Waals surface area contributed by atoms with Gasteiger partial charge < -0.3 is 9.84 Å². The molecule has 1 aromatic rings. The summed E-state index contributed by atoms with van der Waals surface area (Å²) in [7, 11) is 0. The molecule has 100 valence electrons. The molecule has 2 heteroatoms. The molecule has 1 saturated heterocycles. The van der Waals surface area contributed by atoms with E-state index < -0.39 is 6.10 Å². The molecule has 1 aliphatic rings. The minimum atomic E-state index is -0.417. The van der Waals surface area contributed by atoms with E-state index in [1.54, 1.807) is 0 Å². The van der Waals surface area contributed by atoms with Gasteiger partial charge in [-0.25, -0.2) is 0 Å². The molecule has 1 aliphatic heterocycles. The Balaban J connectivity index is 2.19. The summed E-state index contributed by atoms with van der Waals surface area (Å²) in [5.41, 5.74) is 4.74. The molecule has 2 nitrogen and oxygen atoms in total. The molecule has 0 saturated carbocycles. The van der Waals surface area contributed by atoms with Crippen molar-refractivity contribution in [3.63, 3.8) is 0 Å². The Bertz CT molecular complexity index is 408. The second kappa shape index (κ2) is 5.02. The van der Waals surface area contributed by atoms with Crippen LogP contribution in [0.2, 0.25) is 0 Å². The average Bonchev–Trinajstić information content (AvgIpc) is 2.71. The Hall–Kier alpha value is -0.860. The van der Waals surface area contributed by atoms with Crippen molar-refractivity contribution in [1.82, 2.24) is 0 Å². The van der Waals surface area contributed by atoms with E-state index in [0.29, 0.717) is 6.42 Å². The maximum Gasteiger partial charge on any atom is 0.0916 e. The predicted octanol–water partition coefficient (Wildman–Crippen LogP) is 3.08. The van der Waals surface area contributed by atoms with Gasteiger partial charge in [-0.15, -0.1) is 0 Å². The molecule has 18 heavy (non-hydrogen) atoms. The third-order valence-corrected chi connectivity index (χ3v) is 4.19. The molecule has 2 rings (SSSR count). The molecule has 1 heterocycles. The molecule has 2 unspecified atom stereocenters. The minimum absolute atomic E-state index is 0.357. The van der Waals surface area contributed by atoms with Crippen molar-refractivity contribution in [1.29, 1.82) is 0 Å². The molecule has 0 aliphatic carbocycles. The van der Waals surface area contributed by atoms with Gasteiger partial charge in [-0.2, -0.15) is 0 Å². The fraction of sp³-hybridized carbons (Fsp3) is 0.625. The van der Waals surface area contributed by atoms with E-state index in [4.69, 9.17) is 4.74 Å². The van der Waals surface area contributed by atoms with Crippen LogP contribution in [-0.2, 0) is 11.2 Å². The van der Waals surface area contributed by atoms with Gasteiger partial charge in [-0.3, -0.25) is 0 Å². The van der Waals surface area contributed by atoms with Gasteiger partial charge >= 0.3 is 0 Å². The maximum atomic E-state index is 10.5. The van der Waals surface area contributed by atoms with Gasteiger partial charge in [0.1, 0.15) is 0 Å². The van der Waals surface area contributed by atoms with Gasteiger partial charge in [0.15, 0.2) is 0 Å². The van der Waals surface area contributed by atoms with Gasteiger partial charge in [-0.05, 0) is 57.2 Å². The van der Waals surface area contributed by atoms with Crippen LogP contribution in [0.3, 0.4) is 0 Å². The summed E-state index contributed by atoms with van der Waals surface area (Å²) in [6.45, 7) is 9.17. The van der Waals surface area contributed by atoms with Crippen LogP contribution in [-0.4, -0.2) is 23.4 Å². The number of aliphatic hydroxyl groups is 1. The summed E-state index contributed by atoms with van der Waals surface area (Å²) >= 11 is 0. The lowest BCUT2D eigenvalue weighted by atomic mass is 9.87. The van der Waals surface area contributed by atoms with Crippen LogP contribution in [0.5, 0.6) is 0 Å². The molecule has 0 radical (unpaired) electrons.